The Hall–Kier alpha value is -0.450. The molecule has 1 aliphatic rings. The van der Waals surface area contributed by atoms with E-state index in [1.54, 1.807) is 0 Å². The van der Waals surface area contributed by atoms with E-state index in [-0.39, 0.29) is 11.9 Å². The standard InChI is InChI=1S/C16H23BrFNO/c1-9-10(2)20-11(3)16(9)15(19-4)8-12-5-6-14(18)13(17)7-12/h5-7,9-11,15-16,19H,8H2,1-4H3. The van der Waals surface area contributed by atoms with Crippen LogP contribution in [0.25, 0.3) is 0 Å². The van der Waals surface area contributed by atoms with E-state index in [1.807, 2.05) is 19.2 Å². The molecular weight excluding hydrogens is 321 g/mol. The summed E-state index contributed by atoms with van der Waals surface area (Å²) in [6.45, 7) is 6.54. The van der Waals surface area contributed by atoms with E-state index in [4.69, 9.17) is 4.74 Å². The van der Waals surface area contributed by atoms with Crippen molar-refractivity contribution >= 4 is 15.9 Å². The van der Waals surface area contributed by atoms with Gasteiger partial charge in [-0.25, -0.2) is 4.39 Å². The van der Waals surface area contributed by atoms with E-state index in [9.17, 15) is 4.39 Å². The normalized spacial score (nSPS) is 31.5. The first-order chi connectivity index (χ1) is 9.43. The van der Waals surface area contributed by atoms with Gasteiger partial charge in [-0.1, -0.05) is 13.0 Å². The lowest BCUT2D eigenvalue weighted by Crippen LogP contribution is -2.41. The number of nitrogens with one attached hydrogen (secondary N) is 1. The number of benzene rings is 1. The van der Waals surface area contributed by atoms with Crippen LogP contribution >= 0.6 is 15.9 Å². The van der Waals surface area contributed by atoms with Crippen molar-refractivity contribution in [1.82, 2.24) is 5.32 Å². The maximum atomic E-state index is 13.3. The molecule has 1 fully saturated rings. The van der Waals surface area contributed by atoms with Crippen molar-refractivity contribution in [3.05, 3.63) is 34.1 Å². The molecule has 1 aromatic carbocycles. The summed E-state index contributed by atoms with van der Waals surface area (Å²) in [5.41, 5.74) is 1.14. The van der Waals surface area contributed by atoms with Crippen LogP contribution in [0.4, 0.5) is 4.39 Å². The second-order valence-electron chi connectivity index (χ2n) is 5.83. The molecule has 1 N–H and O–H groups in total. The van der Waals surface area contributed by atoms with Gasteiger partial charge in [0.05, 0.1) is 16.7 Å². The largest absolute Gasteiger partial charge is 0.375 e. The molecule has 1 saturated heterocycles. The zero-order valence-electron chi connectivity index (χ0n) is 12.5. The van der Waals surface area contributed by atoms with Gasteiger partial charge in [0.1, 0.15) is 5.82 Å². The minimum Gasteiger partial charge on any atom is -0.375 e. The van der Waals surface area contributed by atoms with Crippen LogP contribution in [0.2, 0.25) is 0 Å². The molecule has 4 heteroatoms. The van der Waals surface area contributed by atoms with Crippen LogP contribution in [0.5, 0.6) is 0 Å². The summed E-state index contributed by atoms with van der Waals surface area (Å²) in [7, 11) is 1.99. The van der Waals surface area contributed by atoms with E-state index in [0.29, 0.717) is 28.5 Å². The lowest BCUT2D eigenvalue weighted by atomic mass is 9.81. The van der Waals surface area contributed by atoms with Crippen molar-refractivity contribution in [3.63, 3.8) is 0 Å². The summed E-state index contributed by atoms with van der Waals surface area (Å²) in [5, 5.41) is 3.42. The van der Waals surface area contributed by atoms with Gasteiger partial charge in [0.25, 0.3) is 0 Å². The molecule has 112 valence electrons. The van der Waals surface area contributed by atoms with Crippen molar-refractivity contribution in [2.75, 3.05) is 7.05 Å². The first kappa shape index (κ1) is 15.9. The van der Waals surface area contributed by atoms with Crippen LogP contribution in [-0.4, -0.2) is 25.3 Å². The van der Waals surface area contributed by atoms with Gasteiger partial charge in [0.2, 0.25) is 0 Å². The molecule has 20 heavy (non-hydrogen) atoms. The molecule has 2 nitrogen and oxygen atoms in total. The Labute approximate surface area is 129 Å². The van der Waals surface area contributed by atoms with Crippen LogP contribution in [0, 0.1) is 17.7 Å². The van der Waals surface area contributed by atoms with Crippen molar-refractivity contribution in [1.29, 1.82) is 0 Å². The molecule has 0 spiro atoms. The minimum absolute atomic E-state index is 0.214. The average Bonchev–Trinajstić information content (AvgIpc) is 2.65. The van der Waals surface area contributed by atoms with E-state index < -0.39 is 0 Å². The quantitative estimate of drug-likeness (QED) is 0.898. The van der Waals surface area contributed by atoms with Crippen molar-refractivity contribution < 1.29 is 9.13 Å². The molecule has 2 rings (SSSR count). The Bertz CT molecular complexity index is 468. The average molecular weight is 344 g/mol. The minimum atomic E-state index is -0.214. The Balaban J connectivity index is 2.14. The van der Waals surface area contributed by atoms with E-state index in [2.05, 4.69) is 42.0 Å². The predicted molar refractivity (Wildman–Crippen MR) is 83.3 cm³/mol. The molecule has 5 unspecified atom stereocenters. The predicted octanol–water partition coefficient (Wildman–Crippen LogP) is 3.78. The van der Waals surface area contributed by atoms with Crippen LogP contribution < -0.4 is 5.32 Å². The summed E-state index contributed by atoms with van der Waals surface area (Å²) in [6, 6.07) is 5.59. The summed E-state index contributed by atoms with van der Waals surface area (Å²) in [4.78, 5) is 0. The second-order valence-corrected chi connectivity index (χ2v) is 6.68. The molecule has 0 bridgehead atoms. The number of hydrogen-bond donors (Lipinski definition) is 1. The number of likely N-dealkylation sites (N-methyl/N-ethyl adjacent to an activating group) is 1. The SMILES string of the molecule is CNC(Cc1ccc(F)c(Br)c1)C1C(C)OC(C)C1C. The third-order valence-corrected chi connectivity index (χ3v) is 5.20. The second kappa shape index (κ2) is 6.54. The van der Waals surface area contributed by atoms with E-state index in [0.717, 1.165) is 12.0 Å². The first-order valence-corrected chi connectivity index (χ1v) is 8.00. The highest BCUT2D eigenvalue weighted by atomic mass is 79.9. The highest BCUT2D eigenvalue weighted by molar-refractivity contribution is 9.10. The first-order valence-electron chi connectivity index (χ1n) is 7.20. The lowest BCUT2D eigenvalue weighted by Gasteiger charge is -2.29. The van der Waals surface area contributed by atoms with Gasteiger partial charge >= 0.3 is 0 Å². The highest BCUT2D eigenvalue weighted by Gasteiger charge is 2.41. The molecule has 0 saturated carbocycles. The van der Waals surface area contributed by atoms with Crippen LogP contribution in [0.3, 0.4) is 0 Å². The molecule has 0 radical (unpaired) electrons. The van der Waals surface area contributed by atoms with Gasteiger partial charge in [0, 0.05) is 12.0 Å². The number of halogens is 2. The number of ether oxygens (including phenoxy) is 1. The van der Waals surface area contributed by atoms with Crippen molar-refractivity contribution in [2.24, 2.45) is 11.8 Å². The van der Waals surface area contributed by atoms with Gasteiger partial charge in [-0.05, 0) is 66.9 Å². The zero-order valence-corrected chi connectivity index (χ0v) is 14.1. The summed E-state index contributed by atoms with van der Waals surface area (Å²) < 4.78 is 19.8. The van der Waals surface area contributed by atoms with Crippen molar-refractivity contribution in [2.45, 2.75) is 45.4 Å². The fourth-order valence-electron chi connectivity index (χ4n) is 3.34. The fourth-order valence-corrected chi connectivity index (χ4v) is 3.76. The molecule has 5 atom stereocenters. The van der Waals surface area contributed by atoms with E-state index >= 15 is 0 Å². The van der Waals surface area contributed by atoms with E-state index in [1.165, 1.54) is 6.07 Å². The highest BCUT2D eigenvalue weighted by Crippen LogP contribution is 2.35. The lowest BCUT2D eigenvalue weighted by molar-refractivity contribution is 0.0479. The molecule has 1 heterocycles. The van der Waals surface area contributed by atoms with Crippen LogP contribution in [0.15, 0.2) is 22.7 Å². The maximum Gasteiger partial charge on any atom is 0.137 e. The number of rotatable bonds is 4. The monoisotopic (exact) mass is 343 g/mol. The van der Waals surface area contributed by atoms with Gasteiger partial charge in [0.15, 0.2) is 0 Å². The Morgan fingerprint density at radius 1 is 1.30 bits per heavy atom. The smallest absolute Gasteiger partial charge is 0.137 e. The third-order valence-electron chi connectivity index (χ3n) is 4.59. The van der Waals surface area contributed by atoms with Gasteiger partial charge in [-0.2, -0.15) is 0 Å². The third kappa shape index (κ3) is 3.23. The Morgan fingerprint density at radius 2 is 2.00 bits per heavy atom. The molecule has 1 aromatic rings. The Kier molecular flexibility index (Phi) is 5.21. The van der Waals surface area contributed by atoms with Gasteiger partial charge in [-0.15, -0.1) is 0 Å². The van der Waals surface area contributed by atoms with Crippen LogP contribution in [-0.2, 0) is 11.2 Å². The van der Waals surface area contributed by atoms with Crippen LogP contribution in [0.1, 0.15) is 26.3 Å². The van der Waals surface area contributed by atoms with Gasteiger partial charge in [-0.3, -0.25) is 0 Å². The molecule has 0 amide bonds. The topological polar surface area (TPSA) is 21.3 Å². The summed E-state index contributed by atoms with van der Waals surface area (Å²) in [6.07, 6.45) is 1.43. The number of hydrogen-bond acceptors (Lipinski definition) is 2. The maximum absolute atomic E-state index is 13.3. The molecule has 0 aromatic heterocycles. The fraction of sp³-hybridized carbons (Fsp3) is 0.625. The molecular formula is C16H23BrFNO. The Morgan fingerprint density at radius 3 is 2.50 bits per heavy atom. The summed E-state index contributed by atoms with van der Waals surface area (Å²) >= 11 is 3.25. The summed E-state index contributed by atoms with van der Waals surface area (Å²) in [5.74, 6) is 0.777. The molecule has 1 aliphatic heterocycles. The zero-order chi connectivity index (χ0) is 14.9. The van der Waals surface area contributed by atoms with Crippen molar-refractivity contribution in [3.8, 4) is 0 Å². The van der Waals surface area contributed by atoms with Gasteiger partial charge < -0.3 is 10.1 Å². The molecule has 0 aliphatic carbocycles.